The van der Waals surface area contributed by atoms with Gasteiger partial charge in [0.25, 0.3) is 0 Å². The Kier molecular flexibility index (Phi) is 4.38. The van der Waals surface area contributed by atoms with E-state index in [2.05, 4.69) is 55.2 Å². The molecule has 1 heterocycles. The van der Waals surface area contributed by atoms with E-state index in [1.165, 1.54) is 5.57 Å². The van der Waals surface area contributed by atoms with Gasteiger partial charge >= 0.3 is 0 Å². The SMILES string of the molecule is COc1cccc(-n2ncnc2C2=CC=C(C(C)(C)C)CC=C2)c1. The van der Waals surface area contributed by atoms with Crippen LogP contribution in [-0.4, -0.2) is 21.9 Å². The van der Waals surface area contributed by atoms with Gasteiger partial charge in [-0.3, -0.25) is 0 Å². The summed E-state index contributed by atoms with van der Waals surface area (Å²) in [5, 5.41) is 4.39. The van der Waals surface area contributed by atoms with Crippen molar-refractivity contribution >= 4 is 5.57 Å². The highest BCUT2D eigenvalue weighted by atomic mass is 16.5. The molecule has 4 nitrogen and oxygen atoms in total. The molecule has 3 rings (SSSR count). The fraction of sp³-hybridized carbons (Fsp3) is 0.300. The first-order chi connectivity index (χ1) is 11.5. The molecule has 124 valence electrons. The van der Waals surface area contributed by atoms with Crippen LogP contribution in [-0.2, 0) is 0 Å². The summed E-state index contributed by atoms with van der Waals surface area (Å²) in [6.07, 6.45) is 11.2. The number of ether oxygens (including phenoxy) is 1. The molecule has 1 aliphatic carbocycles. The monoisotopic (exact) mass is 321 g/mol. The zero-order valence-corrected chi connectivity index (χ0v) is 14.7. The van der Waals surface area contributed by atoms with Gasteiger partial charge in [0.15, 0.2) is 5.82 Å². The van der Waals surface area contributed by atoms with Gasteiger partial charge in [0.05, 0.1) is 12.8 Å². The first-order valence-electron chi connectivity index (χ1n) is 8.12. The second-order valence-electron chi connectivity index (χ2n) is 6.87. The van der Waals surface area contributed by atoms with E-state index in [9.17, 15) is 0 Å². The fourth-order valence-electron chi connectivity index (χ4n) is 2.70. The summed E-state index contributed by atoms with van der Waals surface area (Å²) >= 11 is 0. The number of methoxy groups -OCH3 is 1. The predicted octanol–water partition coefficient (Wildman–Crippen LogP) is 4.59. The minimum absolute atomic E-state index is 0.163. The van der Waals surface area contributed by atoms with E-state index in [4.69, 9.17) is 4.74 Å². The Morgan fingerprint density at radius 3 is 2.75 bits per heavy atom. The van der Waals surface area contributed by atoms with Gasteiger partial charge in [0, 0.05) is 11.6 Å². The van der Waals surface area contributed by atoms with E-state index < -0.39 is 0 Å². The molecule has 24 heavy (non-hydrogen) atoms. The average molecular weight is 321 g/mol. The number of allylic oxidation sites excluding steroid dienone is 6. The minimum Gasteiger partial charge on any atom is -0.497 e. The molecule has 0 amide bonds. The summed E-state index contributed by atoms with van der Waals surface area (Å²) in [6.45, 7) is 6.72. The molecule has 0 aliphatic heterocycles. The molecule has 0 atom stereocenters. The highest BCUT2D eigenvalue weighted by Crippen LogP contribution is 2.31. The van der Waals surface area contributed by atoms with E-state index >= 15 is 0 Å². The lowest BCUT2D eigenvalue weighted by Gasteiger charge is -2.21. The van der Waals surface area contributed by atoms with E-state index in [0.717, 1.165) is 29.3 Å². The van der Waals surface area contributed by atoms with Crippen LogP contribution in [0, 0.1) is 5.41 Å². The van der Waals surface area contributed by atoms with Crippen LogP contribution in [0.15, 0.2) is 60.5 Å². The molecule has 0 fully saturated rings. The van der Waals surface area contributed by atoms with Crippen LogP contribution in [0.5, 0.6) is 5.75 Å². The molecular formula is C20H23N3O. The molecule has 1 aromatic carbocycles. The lowest BCUT2D eigenvalue weighted by molar-refractivity contribution is 0.414. The summed E-state index contributed by atoms with van der Waals surface area (Å²) in [5.41, 5.74) is 3.55. The molecule has 0 saturated carbocycles. The molecule has 0 spiro atoms. The number of aromatic nitrogens is 3. The van der Waals surface area contributed by atoms with Crippen molar-refractivity contribution in [3.05, 3.63) is 66.3 Å². The fourth-order valence-corrected chi connectivity index (χ4v) is 2.70. The van der Waals surface area contributed by atoms with E-state index in [0.29, 0.717) is 0 Å². The van der Waals surface area contributed by atoms with Gasteiger partial charge in [-0.15, -0.1) is 0 Å². The van der Waals surface area contributed by atoms with Crippen LogP contribution >= 0.6 is 0 Å². The summed E-state index contributed by atoms with van der Waals surface area (Å²) in [4.78, 5) is 4.46. The summed E-state index contributed by atoms with van der Waals surface area (Å²) < 4.78 is 7.15. The molecule has 4 heteroatoms. The lowest BCUT2D eigenvalue weighted by atomic mass is 9.84. The molecule has 0 unspecified atom stereocenters. The van der Waals surface area contributed by atoms with Crippen molar-refractivity contribution in [3.63, 3.8) is 0 Å². The van der Waals surface area contributed by atoms with E-state index in [1.807, 2.05) is 28.9 Å². The molecule has 0 saturated heterocycles. The number of rotatable bonds is 3. The Hall–Kier alpha value is -2.62. The van der Waals surface area contributed by atoms with Crippen molar-refractivity contribution in [3.8, 4) is 11.4 Å². The van der Waals surface area contributed by atoms with Gasteiger partial charge in [-0.25, -0.2) is 9.67 Å². The Morgan fingerprint density at radius 1 is 1.17 bits per heavy atom. The molecule has 1 aliphatic rings. The zero-order chi connectivity index (χ0) is 17.2. The van der Waals surface area contributed by atoms with Crippen LogP contribution in [0.2, 0.25) is 0 Å². The predicted molar refractivity (Wildman–Crippen MR) is 97.2 cm³/mol. The summed E-state index contributed by atoms with van der Waals surface area (Å²) in [7, 11) is 1.66. The maximum atomic E-state index is 5.31. The maximum Gasteiger partial charge on any atom is 0.163 e. The Morgan fingerprint density at radius 2 is 2.00 bits per heavy atom. The van der Waals surface area contributed by atoms with Crippen LogP contribution in [0.4, 0.5) is 0 Å². The average Bonchev–Trinajstić information content (AvgIpc) is 2.91. The van der Waals surface area contributed by atoms with Crippen LogP contribution in [0.3, 0.4) is 0 Å². The van der Waals surface area contributed by atoms with Crippen molar-refractivity contribution in [2.45, 2.75) is 27.2 Å². The van der Waals surface area contributed by atoms with Crippen molar-refractivity contribution in [1.82, 2.24) is 14.8 Å². The highest BCUT2D eigenvalue weighted by molar-refractivity contribution is 5.73. The Labute approximate surface area is 143 Å². The highest BCUT2D eigenvalue weighted by Gasteiger charge is 2.17. The molecule has 0 bridgehead atoms. The number of benzene rings is 1. The van der Waals surface area contributed by atoms with Gasteiger partial charge in [-0.05, 0) is 24.0 Å². The van der Waals surface area contributed by atoms with Crippen LogP contribution in [0.1, 0.15) is 33.0 Å². The third-order valence-corrected chi connectivity index (χ3v) is 4.17. The largest absolute Gasteiger partial charge is 0.497 e. The van der Waals surface area contributed by atoms with Crippen molar-refractivity contribution in [2.24, 2.45) is 5.41 Å². The van der Waals surface area contributed by atoms with Crippen molar-refractivity contribution in [1.29, 1.82) is 0 Å². The van der Waals surface area contributed by atoms with Crippen LogP contribution < -0.4 is 4.74 Å². The molecular weight excluding hydrogens is 298 g/mol. The van der Waals surface area contributed by atoms with Gasteiger partial charge in [0.2, 0.25) is 0 Å². The number of hydrogen-bond donors (Lipinski definition) is 0. The van der Waals surface area contributed by atoms with Gasteiger partial charge in [-0.1, -0.05) is 56.7 Å². The normalized spacial score (nSPS) is 14.8. The Balaban J connectivity index is 2.01. The molecule has 0 N–H and O–H groups in total. The zero-order valence-electron chi connectivity index (χ0n) is 14.7. The maximum absolute atomic E-state index is 5.31. The molecule has 2 aromatic rings. The van der Waals surface area contributed by atoms with Gasteiger partial charge in [-0.2, -0.15) is 5.10 Å². The molecule has 1 aromatic heterocycles. The molecule has 0 radical (unpaired) electrons. The third kappa shape index (κ3) is 3.32. The smallest absolute Gasteiger partial charge is 0.163 e. The first-order valence-corrected chi connectivity index (χ1v) is 8.12. The first kappa shape index (κ1) is 16.2. The van der Waals surface area contributed by atoms with Crippen molar-refractivity contribution < 1.29 is 4.74 Å². The second kappa shape index (κ2) is 6.48. The van der Waals surface area contributed by atoms with Gasteiger partial charge in [0.1, 0.15) is 12.1 Å². The van der Waals surface area contributed by atoms with Crippen LogP contribution in [0.25, 0.3) is 11.3 Å². The van der Waals surface area contributed by atoms with Gasteiger partial charge < -0.3 is 4.74 Å². The topological polar surface area (TPSA) is 39.9 Å². The third-order valence-electron chi connectivity index (χ3n) is 4.17. The van der Waals surface area contributed by atoms with Crippen molar-refractivity contribution in [2.75, 3.05) is 7.11 Å². The number of hydrogen-bond acceptors (Lipinski definition) is 3. The second-order valence-corrected chi connectivity index (χ2v) is 6.87. The lowest BCUT2D eigenvalue weighted by Crippen LogP contribution is -2.08. The number of nitrogens with zero attached hydrogens (tertiary/aromatic N) is 3. The quantitative estimate of drug-likeness (QED) is 0.830. The summed E-state index contributed by atoms with van der Waals surface area (Å²) in [6, 6.07) is 7.82. The Bertz CT molecular complexity index is 819. The van der Waals surface area contributed by atoms with E-state index in [-0.39, 0.29) is 5.41 Å². The minimum atomic E-state index is 0.163. The van der Waals surface area contributed by atoms with E-state index in [1.54, 1.807) is 13.4 Å². The summed E-state index contributed by atoms with van der Waals surface area (Å²) in [5.74, 6) is 1.63. The standard InChI is InChI=1S/C20H23N3O/c1-20(2,3)16-8-5-7-15(11-12-16)19-21-14-22-23(19)17-9-6-10-18(13-17)24-4/h5-7,9-14H,8H2,1-4H3.